The van der Waals surface area contributed by atoms with Crippen LogP contribution in [-0.2, 0) is 10.0 Å². The molecule has 0 aliphatic rings. The Kier molecular flexibility index (Phi) is 5.74. The lowest BCUT2D eigenvalue weighted by Gasteiger charge is -2.19. The minimum atomic E-state index is -4.22. The van der Waals surface area contributed by atoms with Crippen molar-refractivity contribution in [1.82, 2.24) is 20.3 Å². The molecule has 36 heavy (non-hydrogen) atoms. The Morgan fingerprint density at radius 3 is 2.67 bits per heavy atom. The van der Waals surface area contributed by atoms with Gasteiger partial charge in [-0.25, -0.2) is 28.2 Å². The number of nitrogens with two attached hydrogens (primary N) is 1. The van der Waals surface area contributed by atoms with Gasteiger partial charge in [0.2, 0.25) is 10.7 Å². The molecule has 0 aliphatic carbocycles. The second-order valence-electron chi connectivity index (χ2n) is 8.19. The predicted octanol–water partition coefficient (Wildman–Crippen LogP) is 3.84. The van der Waals surface area contributed by atoms with Gasteiger partial charge in [-0.05, 0) is 67.0 Å². The molecule has 2 N–H and O–H groups in total. The summed E-state index contributed by atoms with van der Waals surface area (Å²) in [5.74, 6) is 0.201. The van der Waals surface area contributed by atoms with Gasteiger partial charge in [-0.2, -0.15) is 0 Å². The number of fused-ring (bicyclic) bond motifs is 2. The number of nitrogens with zero attached hydrogens (tertiary/aromatic N) is 4. The van der Waals surface area contributed by atoms with E-state index < -0.39 is 21.2 Å². The molecule has 4 aromatic heterocycles. The van der Waals surface area contributed by atoms with E-state index >= 15 is 0 Å². The van der Waals surface area contributed by atoms with Gasteiger partial charge in [-0.1, -0.05) is 11.6 Å². The van der Waals surface area contributed by atoms with Gasteiger partial charge in [-0.15, -0.1) is 0 Å². The molecule has 0 spiro atoms. The van der Waals surface area contributed by atoms with Gasteiger partial charge in [0.15, 0.2) is 16.7 Å². The highest BCUT2D eigenvalue weighted by atomic mass is 35.5. The summed E-state index contributed by atoms with van der Waals surface area (Å²) in [6.45, 7) is 5.17. The first-order valence-electron chi connectivity index (χ1n) is 10.6. The third-order valence-corrected chi connectivity index (χ3v) is 6.61. The van der Waals surface area contributed by atoms with Crippen LogP contribution in [0.1, 0.15) is 29.7 Å². The zero-order valence-corrected chi connectivity index (χ0v) is 20.7. The van der Waals surface area contributed by atoms with E-state index in [0.29, 0.717) is 39.0 Å². The van der Waals surface area contributed by atoms with Crippen LogP contribution in [-0.4, -0.2) is 28.7 Å². The van der Waals surface area contributed by atoms with E-state index in [0.717, 1.165) is 5.56 Å². The molecule has 0 bridgehead atoms. The monoisotopic (exact) mass is 527 g/mol. The average Bonchev–Trinajstić information content (AvgIpc) is 3.29. The molecule has 5 rings (SSSR count). The van der Waals surface area contributed by atoms with Crippen molar-refractivity contribution in [3.63, 3.8) is 0 Å². The number of ether oxygens (including phenoxy) is 1. The first-order chi connectivity index (χ1) is 17.0. The molecule has 11 nitrogen and oxygen atoms in total. The van der Waals surface area contributed by atoms with Crippen LogP contribution >= 0.6 is 11.6 Å². The van der Waals surface area contributed by atoms with Gasteiger partial charge in [0.25, 0.3) is 10.0 Å². The van der Waals surface area contributed by atoms with Crippen LogP contribution in [0.3, 0.4) is 0 Å². The quantitative estimate of drug-likeness (QED) is 0.332. The number of hydrogen-bond acceptors (Lipinski definition) is 10. The minimum Gasteiger partial charge on any atom is -0.483 e. The topological polar surface area (TPSA) is 164 Å². The van der Waals surface area contributed by atoms with Crippen LogP contribution < -0.4 is 15.3 Å². The highest BCUT2D eigenvalue weighted by molar-refractivity contribution is 7.89. The highest BCUT2D eigenvalue weighted by Crippen LogP contribution is 2.34. The van der Waals surface area contributed by atoms with Crippen molar-refractivity contribution in [2.45, 2.75) is 31.9 Å². The highest BCUT2D eigenvalue weighted by Gasteiger charge is 2.24. The summed E-state index contributed by atoms with van der Waals surface area (Å²) in [7, 11) is -4.22. The van der Waals surface area contributed by atoms with E-state index in [4.69, 9.17) is 30.5 Å². The van der Waals surface area contributed by atoms with E-state index in [1.807, 2.05) is 6.92 Å². The summed E-state index contributed by atoms with van der Waals surface area (Å²) in [5, 5.41) is 12.6. The summed E-state index contributed by atoms with van der Waals surface area (Å²) in [6.07, 6.45) is 0.741. The number of rotatable bonds is 5. The lowest BCUT2D eigenvalue weighted by atomic mass is 10.00. The molecule has 0 amide bonds. The third-order valence-electron chi connectivity index (χ3n) is 5.57. The summed E-state index contributed by atoms with van der Waals surface area (Å²) in [6, 6.07) is 7.91. The van der Waals surface area contributed by atoms with Crippen molar-refractivity contribution >= 4 is 43.8 Å². The number of sulfonamides is 1. The molecule has 0 aliphatic heterocycles. The molecule has 184 valence electrons. The fraction of sp³-hybridized carbons (Fsp3) is 0.174. The van der Waals surface area contributed by atoms with E-state index in [9.17, 15) is 13.2 Å². The first-order valence-corrected chi connectivity index (χ1v) is 12.5. The maximum absolute atomic E-state index is 13.4. The standard InChI is InChI=1S/C23H18ClN5O6S/c1-10-6-14(12(3)33-17-4-5-18(24)27-23(17)36(25,31)32)21-15(7-10)19(30)11(2)20(34-21)13-8-16-22(26-9-13)29-35-28-16/h4-9,12H,1-3H3,(H2,25,31,32)/t12-/m1/s1. The molecule has 0 unspecified atom stereocenters. The number of pyridine rings is 2. The Hall–Kier alpha value is -3.87. The molecule has 0 saturated carbocycles. The molecular formula is C23H18ClN5O6S. The number of aromatic nitrogens is 4. The smallest absolute Gasteiger partial charge is 0.259 e. The maximum atomic E-state index is 13.4. The van der Waals surface area contributed by atoms with Crippen LogP contribution in [0.4, 0.5) is 0 Å². The SMILES string of the molecule is Cc1cc([C@@H](C)Oc2ccc(Cl)nc2S(N)(=O)=O)c2oc(-c3cnc4nonc4c3)c(C)c(=O)c2c1. The third kappa shape index (κ3) is 4.19. The number of aryl methyl sites for hydroxylation is 1. The van der Waals surface area contributed by atoms with Crippen molar-refractivity contribution in [2.75, 3.05) is 0 Å². The average molecular weight is 528 g/mol. The molecule has 5 aromatic rings. The van der Waals surface area contributed by atoms with E-state index in [-0.39, 0.29) is 21.9 Å². The van der Waals surface area contributed by atoms with Crippen LogP contribution in [0, 0.1) is 13.8 Å². The molecule has 4 heterocycles. The van der Waals surface area contributed by atoms with Crippen LogP contribution in [0.25, 0.3) is 33.5 Å². The van der Waals surface area contributed by atoms with Gasteiger partial charge >= 0.3 is 0 Å². The Morgan fingerprint density at radius 1 is 1.14 bits per heavy atom. The van der Waals surface area contributed by atoms with Crippen molar-refractivity contribution in [2.24, 2.45) is 5.14 Å². The van der Waals surface area contributed by atoms with Gasteiger partial charge in [-0.3, -0.25) is 4.79 Å². The Labute approximate surface area is 208 Å². The fourth-order valence-corrected chi connectivity index (χ4v) is 4.73. The summed E-state index contributed by atoms with van der Waals surface area (Å²) in [5.41, 5.74) is 2.94. The van der Waals surface area contributed by atoms with Crippen molar-refractivity contribution in [3.8, 4) is 17.1 Å². The van der Waals surface area contributed by atoms with E-state index in [1.165, 1.54) is 18.3 Å². The molecule has 0 radical (unpaired) electrons. The van der Waals surface area contributed by atoms with Gasteiger partial charge in [0, 0.05) is 22.9 Å². The maximum Gasteiger partial charge on any atom is 0.259 e. The minimum absolute atomic E-state index is 0.0564. The van der Waals surface area contributed by atoms with Crippen LogP contribution in [0.2, 0.25) is 5.15 Å². The van der Waals surface area contributed by atoms with Crippen molar-refractivity contribution in [1.29, 1.82) is 0 Å². The number of primary sulfonamides is 1. The van der Waals surface area contributed by atoms with Gasteiger partial charge in [0.05, 0.1) is 5.39 Å². The second-order valence-corrected chi connectivity index (χ2v) is 10.1. The molecule has 1 aromatic carbocycles. The number of benzene rings is 1. The molecule has 0 fully saturated rings. The summed E-state index contributed by atoms with van der Waals surface area (Å²) < 4.78 is 41.0. The first kappa shape index (κ1) is 23.9. The zero-order chi connectivity index (χ0) is 25.8. The zero-order valence-electron chi connectivity index (χ0n) is 19.1. The van der Waals surface area contributed by atoms with Gasteiger partial charge in [0.1, 0.15) is 22.6 Å². The normalized spacial score (nSPS) is 12.8. The molecule has 1 atom stereocenters. The Balaban J connectivity index is 1.68. The van der Waals surface area contributed by atoms with Crippen LogP contribution in [0.5, 0.6) is 5.75 Å². The van der Waals surface area contributed by atoms with Crippen molar-refractivity contribution < 1.29 is 22.2 Å². The largest absolute Gasteiger partial charge is 0.483 e. The summed E-state index contributed by atoms with van der Waals surface area (Å²) >= 11 is 5.86. The lowest BCUT2D eigenvalue weighted by Crippen LogP contribution is -2.17. The molecule has 13 heteroatoms. The molecule has 0 saturated heterocycles. The Bertz CT molecular complexity index is 1830. The predicted molar refractivity (Wildman–Crippen MR) is 130 cm³/mol. The lowest BCUT2D eigenvalue weighted by molar-refractivity contribution is 0.219. The Morgan fingerprint density at radius 2 is 1.92 bits per heavy atom. The summed E-state index contributed by atoms with van der Waals surface area (Å²) in [4.78, 5) is 21.4. The number of hydrogen-bond donors (Lipinski definition) is 1. The van der Waals surface area contributed by atoms with Crippen molar-refractivity contribution in [3.05, 3.63) is 68.6 Å². The fourth-order valence-electron chi connectivity index (χ4n) is 3.91. The second kappa shape index (κ2) is 8.66. The van der Waals surface area contributed by atoms with E-state index in [2.05, 4.69) is 20.3 Å². The van der Waals surface area contributed by atoms with Crippen LogP contribution in [0.15, 0.2) is 55.4 Å². The van der Waals surface area contributed by atoms with E-state index in [1.54, 1.807) is 32.0 Å². The molecular weight excluding hydrogens is 510 g/mol. The van der Waals surface area contributed by atoms with Gasteiger partial charge < -0.3 is 9.15 Å². The number of halogens is 1.